The van der Waals surface area contributed by atoms with Crippen molar-refractivity contribution < 1.29 is 9.52 Å². The second-order valence-corrected chi connectivity index (χ2v) is 4.02. The van der Waals surface area contributed by atoms with E-state index in [9.17, 15) is 5.11 Å². The third-order valence-electron chi connectivity index (χ3n) is 2.90. The van der Waals surface area contributed by atoms with Crippen LogP contribution in [-0.4, -0.2) is 5.11 Å². The van der Waals surface area contributed by atoms with Crippen LogP contribution in [-0.2, 0) is 0 Å². The van der Waals surface area contributed by atoms with E-state index in [1.165, 1.54) is 5.39 Å². The fraction of sp³-hybridized carbons (Fsp3) is 0.0667. The van der Waals surface area contributed by atoms with Crippen molar-refractivity contribution >= 4 is 10.8 Å². The van der Waals surface area contributed by atoms with Crippen molar-refractivity contribution in [3.8, 4) is 0 Å². The second-order valence-electron chi connectivity index (χ2n) is 4.02. The number of aliphatic hydroxyl groups excluding tert-OH is 1. The summed E-state index contributed by atoms with van der Waals surface area (Å²) in [4.78, 5) is 0. The lowest BCUT2D eigenvalue weighted by Crippen LogP contribution is -1.97. The summed E-state index contributed by atoms with van der Waals surface area (Å²) in [7, 11) is 0. The largest absolute Gasteiger partial charge is 0.466 e. The molecule has 0 fully saturated rings. The first-order valence-electron chi connectivity index (χ1n) is 5.55. The summed E-state index contributed by atoms with van der Waals surface area (Å²) in [5, 5.41) is 12.4. The van der Waals surface area contributed by atoms with Crippen LogP contribution in [0.5, 0.6) is 0 Å². The molecule has 17 heavy (non-hydrogen) atoms. The molecule has 2 nitrogen and oxygen atoms in total. The first-order valence-corrected chi connectivity index (χ1v) is 5.55. The zero-order chi connectivity index (χ0) is 11.7. The van der Waals surface area contributed by atoms with Gasteiger partial charge >= 0.3 is 0 Å². The van der Waals surface area contributed by atoms with E-state index in [1.54, 1.807) is 18.4 Å². The van der Waals surface area contributed by atoms with Crippen LogP contribution in [0.1, 0.15) is 17.4 Å². The van der Waals surface area contributed by atoms with E-state index >= 15 is 0 Å². The van der Waals surface area contributed by atoms with Gasteiger partial charge < -0.3 is 9.52 Å². The third-order valence-corrected chi connectivity index (χ3v) is 2.90. The van der Waals surface area contributed by atoms with Crippen molar-refractivity contribution in [2.75, 3.05) is 0 Å². The highest BCUT2D eigenvalue weighted by atomic mass is 16.4. The molecule has 0 amide bonds. The van der Waals surface area contributed by atoms with Gasteiger partial charge in [-0.1, -0.05) is 36.4 Å². The molecule has 0 aliphatic rings. The summed E-state index contributed by atoms with van der Waals surface area (Å²) < 4.78 is 5.21. The molecule has 3 rings (SSSR count). The highest BCUT2D eigenvalue weighted by Gasteiger charge is 2.12. The standard InChI is InChI=1S/C15H12O2/c16-15(14-6-3-9-17-14)13-8-7-11-4-1-2-5-12(11)10-13/h1-10,15-16H/t15-/m0/s1. The molecule has 1 aromatic heterocycles. The van der Waals surface area contributed by atoms with Crippen molar-refractivity contribution in [3.63, 3.8) is 0 Å². The van der Waals surface area contributed by atoms with Crippen LogP contribution in [0.25, 0.3) is 10.8 Å². The summed E-state index contributed by atoms with van der Waals surface area (Å²) in [6, 6.07) is 17.6. The summed E-state index contributed by atoms with van der Waals surface area (Å²) in [6.07, 6.45) is 0.870. The molecule has 1 atom stereocenters. The van der Waals surface area contributed by atoms with Crippen molar-refractivity contribution in [2.24, 2.45) is 0 Å². The van der Waals surface area contributed by atoms with Gasteiger partial charge in [-0.3, -0.25) is 0 Å². The topological polar surface area (TPSA) is 33.4 Å². The molecule has 2 aromatic carbocycles. The van der Waals surface area contributed by atoms with Crippen molar-refractivity contribution in [3.05, 3.63) is 72.2 Å². The Bertz CT molecular complexity index is 626. The van der Waals surface area contributed by atoms with Crippen LogP contribution in [0, 0.1) is 0 Å². The molecular weight excluding hydrogens is 212 g/mol. The molecule has 0 aliphatic carbocycles. The molecule has 1 heterocycles. The molecule has 3 aromatic rings. The molecule has 0 radical (unpaired) electrons. The zero-order valence-electron chi connectivity index (χ0n) is 9.21. The van der Waals surface area contributed by atoms with Crippen molar-refractivity contribution in [1.82, 2.24) is 0 Å². The average Bonchev–Trinajstić information content (AvgIpc) is 2.91. The average molecular weight is 224 g/mol. The minimum atomic E-state index is -0.699. The number of rotatable bonds is 2. The van der Waals surface area contributed by atoms with E-state index in [4.69, 9.17) is 4.42 Å². The number of fused-ring (bicyclic) bond motifs is 1. The van der Waals surface area contributed by atoms with E-state index in [0.717, 1.165) is 10.9 Å². The fourth-order valence-electron chi connectivity index (χ4n) is 1.99. The quantitative estimate of drug-likeness (QED) is 0.722. The number of hydrogen-bond acceptors (Lipinski definition) is 2. The molecule has 0 unspecified atom stereocenters. The second kappa shape index (κ2) is 4.07. The fourth-order valence-corrected chi connectivity index (χ4v) is 1.99. The van der Waals surface area contributed by atoms with Crippen LogP contribution in [0.3, 0.4) is 0 Å². The summed E-state index contributed by atoms with van der Waals surface area (Å²) in [6.45, 7) is 0. The number of aliphatic hydroxyl groups is 1. The summed E-state index contributed by atoms with van der Waals surface area (Å²) in [5.41, 5.74) is 0.846. The van der Waals surface area contributed by atoms with Gasteiger partial charge in [-0.25, -0.2) is 0 Å². The van der Waals surface area contributed by atoms with Crippen LogP contribution in [0.4, 0.5) is 0 Å². The maximum absolute atomic E-state index is 10.1. The SMILES string of the molecule is O[C@@H](c1ccc2ccccc2c1)c1ccco1. The monoisotopic (exact) mass is 224 g/mol. The van der Waals surface area contributed by atoms with E-state index < -0.39 is 6.10 Å². The highest BCUT2D eigenvalue weighted by Crippen LogP contribution is 2.25. The van der Waals surface area contributed by atoms with Gasteiger partial charge in [0.25, 0.3) is 0 Å². The normalized spacial score (nSPS) is 12.8. The van der Waals surface area contributed by atoms with E-state index in [-0.39, 0.29) is 0 Å². The molecule has 2 heteroatoms. The van der Waals surface area contributed by atoms with Gasteiger partial charge in [-0.15, -0.1) is 0 Å². The Morgan fingerprint density at radius 1 is 0.882 bits per heavy atom. The predicted octanol–water partition coefficient (Wildman–Crippen LogP) is 3.51. The highest BCUT2D eigenvalue weighted by molar-refractivity contribution is 5.83. The van der Waals surface area contributed by atoms with Crippen LogP contribution in [0.2, 0.25) is 0 Å². The van der Waals surface area contributed by atoms with E-state index in [2.05, 4.69) is 6.07 Å². The number of furan rings is 1. The molecular formula is C15H12O2. The Morgan fingerprint density at radius 3 is 2.47 bits per heavy atom. The minimum Gasteiger partial charge on any atom is -0.466 e. The van der Waals surface area contributed by atoms with Crippen molar-refractivity contribution in [2.45, 2.75) is 6.10 Å². The Morgan fingerprint density at radius 2 is 1.71 bits per heavy atom. The van der Waals surface area contributed by atoms with Gasteiger partial charge in [0.05, 0.1) is 6.26 Å². The molecule has 0 saturated heterocycles. The summed E-state index contributed by atoms with van der Waals surface area (Å²) in [5.74, 6) is 0.570. The molecule has 0 saturated carbocycles. The van der Waals surface area contributed by atoms with Crippen LogP contribution >= 0.6 is 0 Å². The van der Waals surface area contributed by atoms with Gasteiger partial charge in [0.1, 0.15) is 11.9 Å². The first-order chi connectivity index (χ1) is 8.34. The lowest BCUT2D eigenvalue weighted by molar-refractivity contribution is 0.189. The lowest BCUT2D eigenvalue weighted by Gasteiger charge is -2.09. The first kappa shape index (κ1) is 10.1. The third kappa shape index (κ3) is 1.83. The van der Waals surface area contributed by atoms with Gasteiger partial charge in [0.2, 0.25) is 0 Å². The lowest BCUT2D eigenvalue weighted by atomic mass is 10.0. The zero-order valence-corrected chi connectivity index (χ0v) is 9.21. The maximum atomic E-state index is 10.1. The van der Waals surface area contributed by atoms with E-state index in [1.807, 2.05) is 36.4 Å². The smallest absolute Gasteiger partial charge is 0.137 e. The Labute approximate surface area is 99.1 Å². The molecule has 84 valence electrons. The molecule has 0 bridgehead atoms. The Balaban J connectivity index is 2.06. The van der Waals surface area contributed by atoms with E-state index in [0.29, 0.717) is 5.76 Å². The Hall–Kier alpha value is -2.06. The summed E-state index contributed by atoms with van der Waals surface area (Å²) >= 11 is 0. The number of hydrogen-bond donors (Lipinski definition) is 1. The predicted molar refractivity (Wildman–Crippen MR) is 66.7 cm³/mol. The Kier molecular flexibility index (Phi) is 2.42. The maximum Gasteiger partial charge on any atom is 0.137 e. The van der Waals surface area contributed by atoms with Crippen LogP contribution < -0.4 is 0 Å². The van der Waals surface area contributed by atoms with Gasteiger partial charge in [0, 0.05) is 0 Å². The molecule has 0 aliphatic heterocycles. The van der Waals surface area contributed by atoms with Crippen LogP contribution in [0.15, 0.2) is 65.3 Å². The van der Waals surface area contributed by atoms with Gasteiger partial charge in [-0.2, -0.15) is 0 Å². The minimum absolute atomic E-state index is 0.570. The number of benzene rings is 2. The van der Waals surface area contributed by atoms with Gasteiger partial charge in [-0.05, 0) is 34.5 Å². The van der Waals surface area contributed by atoms with Crippen molar-refractivity contribution in [1.29, 1.82) is 0 Å². The van der Waals surface area contributed by atoms with Gasteiger partial charge in [0.15, 0.2) is 0 Å². The molecule has 1 N–H and O–H groups in total. The molecule has 0 spiro atoms.